The molecule has 3 atom stereocenters. The van der Waals surface area contributed by atoms with Gasteiger partial charge in [0.05, 0.1) is 32.2 Å². The van der Waals surface area contributed by atoms with Crippen molar-refractivity contribution in [3.63, 3.8) is 0 Å². The topological polar surface area (TPSA) is 80.3 Å². The molecule has 2 aliphatic rings. The van der Waals surface area contributed by atoms with Gasteiger partial charge in [0.2, 0.25) is 0 Å². The van der Waals surface area contributed by atoms with Gasteiger partial charge in [-0.1, -0.05) is 12.2 Å². The minimum atomic E-state index is -0.568. The standard InChI is InChI=1S/C18H22O7/c1-14(19)25-17(16-7-3-5-9-23-16)13-21-10-11-24-18(20)12-15-6-2-4-8-22-15/h2-9,15-17H,10-13H2,1H3. The smallest absolute Gasteiger partial charge is 0.309 e. The molecular formula is C18H22O7. The summed E-state index contributed by atoms with van der Waals surface area (Å²) in [5, 5.41) is 0. The van der Waals surface area contributed by atoms with E-state index in [0.29, 0.717) is 0 Å². The summed E-state index contributed by atoms with van der Waals surface area (Å²) in [6, 6.07) is 0. The maximum Gasteiger partial charge on any atom is 0.309 e. The lowest BCUT2D eigenvalue weighted by molar-refractivity contribution is -0.156. The zero-order chi connectivity index (χ0) is 17.9. The largest absolute Gasteiger partial charge is 0.493 e. The normalized spacial score (nSPS) is 22.0. The van der Waals surface area contributed by atoms with Crippen molar-refractivity contribution in [2.45, 2.75) is 31.7 Å². The second-order valence-electron chi connectivity index (χ2n) is 5.35. The molecule has 2 aliphatic heterocycles. The van der Waals surface area contributed by atoms with Gasteiger partial charge < -0.3 is 23.7 Å². The number of allylic oxidation sites excluding steroid dienone is 4. The van der Waals surface area contributed by atoms with Crippen LogP contribution in [-0.2, 0) is 33.3 Å². The molecule has 7 heteroatoms. The first-order valence-corrected chi connectivity index (χ1v) is 8.03. The lowest BCUT2D eigenvalue weighted by Crippen LogP contribution is -2.35. The van der Waals surface area contributed by atoms with Crippen LogP contribution in [0.2, 0.25) is 0 Å². The molecule has 0 saturated carbocycles. The second-order valence-corrected chi connectivity index (χ2v) is 5.35. The van der Waals surface area contributed by atoms with E-state index in [0.717, 1.165) is 0 Å². The first kappa shape index (κ1) is 18.8. The average molecular weight is 350 g/mol. The molecule has 0 saturated heterocycles. The Morgan fingerprint density at radius 3 is 2.44 bits per heavy atom. The van der Waals surface area contributed by atoms with Crippen molar-refractivity contribution >= 4 is 11.9 Å². The number of carbonyl (C=O) groups is 2. The van der Waals surface area contributed by atoms with Gasteiger partial charge in [-0.15, -0.1) is 0 Å². The molecule has 2 heterocycles. The van der Waals surface area contributed by atoms with Crippen LogP contribution in [0.3, 0.4) is 0 Å². The van der Waals surface area contributed by atoms with Crippen molar-refractivity contribution in [3.05, 3.63) is 49.0 Å². The van der Waals surface area contributed by atoms with E-state index < -0.39 is 18.2 Å². The van der Waals surface area contributed by atoms with E-state index in [1.165, 1.54) is 19.4 Å². The Hall–Kier alpha value is -2.54. The number of hydrogen-bond donors (Lipinski definition) is 0. The van der Waals surface area contributed by atoms with E-state index in [4.69, 9.17) is 23.7 Å². The average Bonchev–Trinajstić information content (AvgIpc) is 2.61. The van der Waals surface area contributed by atoms with Gasteiger partial charge in [-0.25, -0.2) is 0 Å². The van der Waals surface area contributed by atoms with E-state index in [9.17, 15) is 9.59 Å². The third-order valence-corrected chi connectivity index (χ3v) is 3.32. The first-order valence-electron chi connectivity index (χ1n) is 8.03. The van der Waals surface area contributed by atoms with Crippen LogP contribution >= 0.6 is 0 Å². The fourth-order valence-corrected chi connectivity index (χ4v) is 2.20. The monoisotopic (exact) mass is 350 g/mol. The highest BCUT2D eigenvalue weighted by atomic mass is 16.6. The van der Waals surface area contributed by atoms with Crippen molar-refractivity contribution in [3.8, 4) is 0 Å². The van der Waals surface area contributed by atoms with Gasteiger partial charge >= 0.3 is 11.9 Å². The lowest BCUT2D eigenvalue weighted by Gasteiger charge is -2.25. The summed E-state index contributed by atoms with van der Waals surface area (Å²) in [6.07, 6.45) is 12.6. The zero-order valence-corrected chi connectivity index (χ0v) is 14.0. The molecule has 25 heavy (non-hydrogen) atoms. The number of hydrogen-bond acceptors (Lipinski definition) is 7. The van der Waals surface area contributed by atoms with E-state index in [-0.39, 0.29) is 38.3 Å². The zero-order valence-electron chi connectivity index (χ0n) is 14.0. The van der Waals surface area contributed by atoms with Crippen LogP contribution < -0.4 is 0 Å². The number of rotatable bonds is 9. The molecule has 7 nitrogen and oxygen atoms in total. The highest BCUT2D eigenvalue weighted by Crippen LogP contribution is 2.12. The van der Waals surface area contributed by atoms with Crippen LogP contribution in [0.4, 0.5) is 0 Å². The molecule has 0 aromatic heterocycles. The van der Waals surface area contributed by atoms with E-state index in [1.807, 2.05) is 12.2 Å². The second kappa shape index (κ2) is 10.4. The fraction of sp³-hybridized carbons (Fsp3) is 0.444. The molecule has 0 aromatic carbocycles. The van der Waals surface area contributed by atoms with Gasteiger partial charge in [-0.05, 0) is 24.3 Å². The summed E-state index contributed by atoms with van der Waals surface area (Å²) in [5.41, 5.74) is 0. The minimum Gasteiger partial charge on any atom is -0.493 e. The molecule has 0 bridgehead atoms. The van der Waals surface area contributed by atoms with Crippen LogP contribution in [0, 0.1) is 0 Å². The summed E-state index contributed by atoms with van der Waals surface area (Å²) in [7, 11) is 0. The quantitative estimate of drug-likeness (QED) is 0.463. The predicted octanol–water partition coefficient (Wildman–Crippen LogP) is 1.81. The number of carbonyl (C=O) groups excluding carboxylic acids is 2. The third kappa shape index (κ3) is 7.26. The Kier molecular flexibility index (Phi) is 7.78. The van der Waals surface area contributed by atoms with Crippen molar-refractivity contribution in [2.75, 3.05) is 19.8 Å². The van der Waals surface area contributed by atoms with Crippen molar-refractivity contribution < 1.29 is 33.3 Å². The van der Waals surface area contributed by atoms with Gasteiger partial charge in [0, 0.05) is 6.92 Å². The Labute approximate surface area is 146 Å². The number of esters is 2. The molecule has 2 rings (SSSR count). The Morgan fingerprint density at radius 2 is 1.80 bits per heavy atom. The molecule has 0 N–H and O–H groups in total. The Bertz CT molecular complexity index is 562. The minimum absolute atomic E-state index is 0.110. The van der Waals surface area contributed by atoms with E-state index in [2.05, 4.69) is 0 Å². The van der Waals surface area contributed by atoms with E-state index >= 15 is 0 Å². The third-order valence-electron chi connectivity index (χ3n) is 3.32. The molecular weight excluding hydrogens is 328 g/mol. The van der Waals surface area contributed by atoms with Gasteiger partial charge in [0.1, 0.15) is 12.7 Å². The predicted molar refractivity (Wildman–Crippen MR) is 88.3 cm³/mol. The molecule has 0 aromatic rings. The van der Waals surface area contributed by atoms with Gasteiger partial charge in [-0.2, -0.15) is 0 Å². The van der Waals surface area contributed by atoms with Crippen molar-refractivity contribution in [2.24, 2.45) is 0 Å². The van der Waals surface area contributed by atoms with Gasteiger partial charge in [-0.3, -0.25) is 9.59 Å². The summed E-state index contributed by atoms with van der Waals surface area (Å²) in [6.45, 7) is 1.77. The Morgan fingerprint density at radius 1 is 1.04 bits per heavy atom. The SMILES string of the molecule is CC(=O)OC(COCCOC(=O)CC1C=CC=CO1)C1C=CC=CO1. The molecule has 0 aliphatic carbocycles. The molecule has 0 amide bonds. The van der Waals surface area contributed by atoms with Crippen LogP contribution in [0.25, 0.3) is 0 Å². The summed E-state index contributed by atoms with van der Waals surface area (Å²) >= 11 is 0. The maximum absolute atomic E-state index is 11.7. The molecule has 136 valence electrons. The maximum atomic E-state index is 11.7. The van der Waals surface area contributed by atoms with Crippen LogP contribution in [0.1, 0.15) is 13.3 Å². The first-order chi connectivity index (χ1) is 12.1. The molecule has 0 fully saturated rings. The van der Waals surface area contributed by atoms with Crippen LogP contribution in [0.15, 0.2) is 49.0 Å². The fourth-order valence-electron chi connectivity index (χ4n) is 2.20. The lowest BCUT2D eigenvalue weighted by atomic mass is 10.2. The van der Waals surface area contributed by atoms with Crippen LogP contribution in [0.5, 0.6) is 0 Å². The number of ether oxygens (including phenoxy) is 5. The highest BCUT2D eigenvalue weighted by Gasteiger charge is 2.24. The van der Waals surface area contributed by atoms with Gasteiger partial charge in [0.15, 0.2) is 12.2 Å². The summed E-state index contributed by atoms with van der Waals surface area (Å²) in [5.74, 6) is -0.782. The van der Waals surface area contributed by atoms with E-state index in [1.54, 1.807) is 24.3 Å². The summed E-state index contributed by atoms with van der Waals surface area (Å²) in [4.78, 5) is 22.9. The van der Waals surface area contributed by atoms with Crippen LogP contribution in [-0.4, -0.2) is 50.1 Å². The summed E-state index contributed by atoms with van der Waals surface area (Å²) < 4.78 is 26.4. The van der Waals surface area contributed by atoms with Crippen molar-refractivity contribution in [1.29, 1.82) is 0 Å². The molecule has 0 spiro atoms. The molecule has 0 radical (unpaired) electrons. The van der Waals surface area contributed by atoms with Gasteiger partial charge in [0.25, 0.3) is 0 Å². The Balaban J connectivity index is 1.62. The molecule has 3 unspecified atom stereocenters. The highest BCUT2D eigenvalue weighted by molar-refractivity contribution is 5.70. The van der Waals surface area contributed by atoms with Crippen molar-refractivity contribution in [1.82, 2.24) is 0 Å².